The number of nitrogens with one attached hydrogen (secondary N) is 1. The summed E-state index contributed by atoms with van der Waals surface area (Å²) in [6.07, 6.45) is 4.05. The van der Waals surface area contributed by atoms with Crippen molar-refractivity contribution in [3.8, 4) is 0 Å². The minimum Gasteiger partial charge on any atom is -0.315 e. The zero-order valence-electron chi connectivity index (χ0n) is 9.81. The summed E-state index contributed by atoms with van der Waals surface area (Å²) < 4.78 is 0.526. The Hall–Kier alpha value is 0.270. The third-order valence-corrected chi connectivity index (χ3v) is 4.30. The molecule has 0 saturated carbocycles. The van der Waals surface area contributed by atoms with E-state index in [1.807, 2.05) is 0 Å². The Kier molecular flexibility index (Phi) is 5.28. The molecule has 1 unspecified atom stereocenters. The molecule has 0 radical (unpaired) electrons. The molecule has 2 nitrogen and oxygen atoms in total. The van der Waals surface area contributed by atoms with Gasteiger partial charge in [-0.15, -0.1) is 0 Å². The molecule has 3 heteroatoms. The zero-order chi connectivity index (χ0) is 10.4. The molecule has 1 aliphatic rings. The summed E-state index contributed by atoms with van der Waals surface area (Å²) in [7, 11) is 4.27. The molecule has 0 spiro atoms. The van der Waals surface area contributed by atoms with E-state index in [2.05, 4.69) is 43.0 Å². The molecular formula is C11H24N2S. The van der Waals surface area contributed by atoms with E-state index in [0.717, 1.165) is 6.54 Å². The van der Waals surface area contributed by atoms with Gasteiger partial charge in [-0.25, -0.2) is 0 Å². The Bertz CT molecular complexity index is 153. The van der Waals surface area contributed by atoms with Gasteiger partial charge in [0.25, 0.3) is 0 Å². The van der Waals surface area contributed by atoms with Crippen LogP contribution in [0.1, 0.15) is 26.2 Å². The van der Waals surface area contributed by atoms with Crippen LogP contribution in [-0.4, -0.2) is 49.1 Å². The maximum absolute atomic E-state index is 3.58. The first-order chi connectivity index (χ1) is 6.62. The zero-order valence-corrected chi connectivity index (χ0v) is 10.6. The lowest BCUT2D eigenvalue weighted by Crippen LogP contribution is -2.34. The highest BCUT2D eigenvalue weighted by atomic mass is 32.2. The number of hydrogen-bond acceptors (Lipinski definition) is 3. The van der Waals surface area contributed by atoms with Crippen molar-refractivity contribution < 1.29 is 0 Å². The molecule has 0 bridgehead atoms. The van der Waals surface area contributed by atoms with E-state index < -0.39 is 0 Å². The van der Waals surface area contributed by atoms with Crippen LogP contribution >= 0.6 is 11.8 Å². The van der Waals surface area contributed by atoms with Gasteiger partial charge in [-0.3, -0.25) is 0 Å². The van der Waals surface area contributed by atoms with Crippen LogP contribution in [0, 0.1) is 0 Å². The van der Waals surface area contributed by atoms with Crippen molar-refractivity contribution in [2.45, 2.75) is 30.9 Å². The Morgan fingerprint density at radius 3 is 2.79 bits per heavy atom. The van der Waals surface area contributed by atoms with Gasteiger partial charge in [0.15, 0.2) is 0 Å². The molecule has 1 atom stereocenters. The summed E-state index contributed by atoms with van der Waals surface area (Å²) in [5, 5.41) is 3.58. The lowest BCUT2D eigenvalue weighted by atomic mass is 10.1. The van der Waals surface area contributed by atoms with Gasteiger partial charge in [-0.2, -0.15) is 11.8 Å². The average Bonchev–Trinajstić information content (AvgIpc) is 2.51. The van der Waals surface area contributed by atoms with Gasteiger partial charge >= 0.3 is 0 Å². The highest BCUT2D eigenvalue weighted by molar-refractivity contribution is 8.00. The second kappa shape index (κ2) is 5.99. The van der Waals surface area contributed by atoms with Gasteiger partial charge < -0.3 is 10.2 Å². The summed E-state index contributed by atoms with van der Waals surface area (Å²) in [6, 6.07) is 0. The normalized spacial score (nSPS) is 27.4. The molecule has 0 aromatic heterocycles. The second-order valence-electron chi connectivity index (χ2n) is 4.74. The molecular weight excluding hydrogens is 192 g/mol. The minimum atomic E-state index is 0.526. The fraction of sp³-hybridized carbons (Fsp3) is 1.00. The summed E-state index contributed by atoms with van der Waals surface area (Å²) in [5.41, 5.74) is 0. The molecule has 0 aliphatic carbocycles. The van der Waals surface area contributed by atoms with Gasteiger partial charge in [0.1, 0.15) is 0 Å². The Morgan fingerprint density at radius 2 is 2.21 bits per heavy atom. The second-order valence-corrected chi connectivity index (χ2v) is 6.42. The van der Waals surface area contributed by atoms with Crippen LogP contribution in [0.3, 0.4) is 0 Å². The monoisotopic (exact) mass is 216 g/mol. The largest absolute Gasteiger partial charge is 0.315 e. The molecule has 0 aromatic rings. The van der Waals surface area contributed by atoms with E-state index in [-0.39, 0.29) is 0 Å². The molecule has 0 aromatic carbocycles. The first kappa shape index (κ1) is 12.3. The fourth-order valence-electron chi connectivity index (χ4n) is 1.85. The minimum absolute atomic E-state index is 0.526. The van der Waals surface area contributed by atoms with E-state index in [0.29, 0.717) is 4.75 Å². The van der Waals surface area contributed by atoms with Crippen molar-refractivity contribution in [2.24, 2.45) is 0 Å². The van der Waals surface area contributed by atoms with E-state index in [9.17, 15) is 0 Å². The number of nitrogens with zero attached hydrogens (tertiary/aromatic N) is 1. The topological polar surface area (TPSA) is 15.3 Å². The molecule has 14 heavy (non-hydrogen) atoms. The fourth-order valence-corrected chi connectivity index (χ4v) is 3.12. The molecule has 1 N–H and O–H groups in total. The standard InChI is InChI=1S/C11H24N2S/c1-11(6-4-9-14-11)10-12-7-5-8-13(2)3/h12H,4-10H2,1-3H3. The quantitative estimate of drug-likeness (QED) is 0.682. The van der Waals surface area contributed by atoms with Gasteiger partial charge in [0.05, 0.1) is 0 Å². The smallest absolute Gasteiger partial charge is 0.0256 e. The highest BCUT2D eigenvalue weighted by Crippen LogP contribution is 2.36. The van der Waals surface area contributed by atoms with Crippen LogP contribution in [0.2, 0.25) is 0 Å². The van der Waals surface area contributed by atoms with E-state index >= 15 is 0 Å². The van der Waals surface area contributed by atoms with Crippen LogP contribution in [-0.2, 0) is 0 Å². The maximum atomic E-state index is 3.58. The van der Waals surface area contributed by atoms with Crippen molar-refractivity contribution in [1.29, 1.82) is 0 Å². The van der Waals surface area contributed by atoms with E-state index in [4.69, 9.17) is 0 Å². The predicted octanol–water partition coefficient (Wildman–Crippen LogP) is 1.81. The van der Waals surface area contributed by atoms with Crippen molar-refractivity contribution >= 4 is 11.8 Å². The van der Waals surface area contributed by atoms with Crippen molar-refractivity contribution in [3.05, 3.63) is 0 Å². The molecule has 1 fully saturated rings. The van der Waals surface area contributed by atoms with Crippen molar-refractivity contribution in [3.63, 3.8) is 0 Å². The van der Waals surface area contributed by atoms with Crippen LogP contribution in [0.25, 0.3) is 0 Å². The van der Waals surface area contributed by atoms with Crippen LogP contribution in [0.4, 0.5) is 0 Å². The van der Waals surface area contributed by atoms with Gasteiger partial charge in [-0.1, -0.05) is 0 Å². The highest BCUT2D eigenvalue weighted by Gasteiger charge is 2.28. The number of rotatable bonds is 6. The molecule has 1 heterocycles. The van der Waals surface area contributed by atoms with Crippen LogP contribution in [0.15, 0.2) is 0 Å². The first-order valence-electron chi connectivity index (χ1n) is 5.62. The lowest BCUT2D eigenvalue weighted by molar-refractivity contribution is 0.391. The van der Waals surface area contributed by atoms with Crippen LogP contribution in [0.5, 0.6) is 0 Å². The summed E-state index contributed by atoms with van der Waals surface area (Å²) in [5.74, 6) is 1.36. The van der Waals surface area contributed by atoms with Gasteiger partial charge in [0, 0.05) is 11.3 Å². The Balaban J connectivity index is 1.98. The summed E-state index contributed by atoms with van der Waals surface area (Å²) >= 11 is 2.14. The van der Waals surface area contributed by atoms with Gasteiger partial charge in [0.2, 0.25) is 0 Å². The number of hydrogen-bond donors (Lipinski definition) is 1. The first-order valence-corrected chi connectivity index (χ1v) is 6.60. The van der Waals surface area contributed by atoms with E-state index in [1.54, 1.807) is 0 Å². The lowest BCUT2D eigenvalue weighted by Gasteiger charge is -2.23. The van der Waals surface area contributed by atoms with E-state index in [1.165, 1.54) is 38.1 Å². The molecule has 1 saturated heterocycles. The van der Waals surface area contributed by atoms with Crippen molar-refractivity contribution in [2.75, 3.05) is 39.5 Å². The molecule has 1 rings (SSSR count). The van der Waals surface area contributed by atoms with Crippen LogP contribution < -0.4 is 5.32 Å². The molecule has 0 amide bonds. The SMILES string of the molecule is CN(C)CCCNCC1(C)CCCS1. The average molecular weight is 216 g/mol. The summed E-state index contributed by atoms with van der Waals surface area (Å²) in [4.78, 5) is 2.24. The Labute approximate surface area is 92.8 Å². The molecule has 1 aliphatic heterocycles. The summed E-state index contributed by atoms with van der Waals surface area (Å²) in [6.45, 7) is 5.93. The Morgan fingerprint density at radius 1 is 1.43 bits per heavy atom. The molecule has 84 valence electrons. The number of thioether (sulfide) groups is 1. The predicted molar refractivity (Wildman–Crippen MR) is 66.1 cm³/mol. The van der Waals surface area contributed by atoms with Gasteiger partial charge in [-0.05, 0) is 59.1 Å². The third kappa shape index (κ3) is 4.67. The maximum Gasteiger partial charge on any atom is 0.0256 e. The third-order valence-electron chi connectivity index (χ3n) is 2.76. The van der Waals surface area contributed by atoms with Crippen molar-refractivity contribution in [1.82, 2.24) is 10.2 Å².